The predicted octanol–water partition coefficient (Wildman–Crippen LogP) is 2.32. The minimum Gasteiger partial charge on any atom is -0.352 e. The average molecular weight is 329 g/mol. The van der Waals surface area contributed by atoms with Gasteiger partial charge in [0, 0.05) is 30.5 Å². The highest BCUT2D eigenvalue weighted by Crippen LogP contribution is 2.14. The number of hydrogen-bond acceptors (Lipinski definition) is 3. The number of halogens is 2. The molecule has 122 valence electrons. The van der Waals surface area contributed by atoms with Gasteiger partial charge in [-0.05, 0) is 31.5 Å². The fraction of sp³-hybridized carbons (Fsp3) is 0.500. The molecule has 1 fully saturated rings. The summed E-state index contributed by atoms with van der Waals surface area (Å²) >= 11 is 0. The maximum atomic E-state index is 13.1. The molecular weight excluding hydrogens is 307 g/mol. The maximum absolute atomic E-state index is 13.1. The highest BCUT2D eigenvalue weighted by molar-refractivity contribution is 5.99. The van der Waals surface area contributed by atoms with Gasteiger partial charge in [0.15, 0.2) is 5.78 Å². The van der Waals surface area contributed by atoms with Crippen LogP contribution in [0.1, 0.15) is 36.5 Å². The van der Waals surface area contributed by atoms with Crippen molar-refractivity contribution in [3.05, 3.63) is 35.6 Å². The predicted molar refractivity (Wildman–Crippen MR) is 85.8 cm³/mol. The molecule has 2 rings (SSSR count). The number of carbonyl (C=O) groups is 2. The Morgan fingerprint density at radius 2 is 2.23 bits per heavy atom. The van der Waals surface area contributed by atoms with E-state index < -0.39 is 11.7 Å². The van der Waals surface area contributed by atoms with Gasteiger partial charge in [-0.2, -0.15) is 0 Å². The lowest BCUT2D eigenvalue weighted by atomic mass is 9.95. The molecule has 2 N–H and O–H groups in total. The van der Waals surface area contributed by atoms with E-state index in [1.54, 1.807) is 13.0 Å². The van der Waals surface area contributed by atoms with Crippen LogP contribution in [0.25, 0.3) is 0 Å². The third-order valence-corrected chi connectivity index (χ3v) is 3.71. The molecule has 0 bridgehead atoms. The summed E-state index contributed by atoms with van der Waals surface area (Å²) in [5.41, 5.74) is 0.314. The van der Waals surface area contributed by atoms with Crippen molar-refractivity contribution in [3.63, 3.8) is 0 Å². The molecule has 0 radical (unpaired) electrons. The van der Waals surface area contributed by atoms with Gasteiger partial charge >= 0.3 is 0 Å². The zero-order chi connectivity index (χ0) is 15.2. The van der Waals surface area contributed by atoms with Crippen LogP contribution in [-0.2, 0) is 4.79 Å². The first-order valence-corrected chi connectivity index (χ1v) is 7.36. The SMILES string of the molecule is CC(CC(=O)NC1CCCNC1)C(=O)c1cccc(F)c1.Cl. The quantitative estimate of drug-likeness (QED) is 0.816. The van der Waals surface area contributed by atoms with Crippen molar-refractivity contribution in [2.75, 3.05) is 13.1 Å². The van der Waals surface area contributed by atoms with E-state index in [1.807, 2.05) is 0 Å². The number of piperidine rings is 1. The molecule has 2 unspecified atom stereocenters. The molecule has 0 saturated carbocycles. The summed E-state index contributed by atoms with van der Waals surface area (Å²) in [7, 11) is 0. The van der Waals surface area contributed by atoms with Crippen molar-refractivity contribution in [1.82, 2.24) is 10.6 Å². The summed E-state index contributed by atoms with van der Waals surface area (Å²) in [4.78, 5) is 24.1. The van der Waals surface area contributed by atoms with Gasteiger partial charge in [0.25, 0.3) is 0 Å². The first-order chi connectivity index (χ1) is 10.1. The van der Waals surface area contributed by atoms with Gasteiger partial charge in [-0.3, -0.25) is 9.59 Å². The van der Waals surface area contributed by atoms with E-state index in [0.717, 1.165) is 25.9 Å². The Morgan fingerprint density at radius 3 is 2.86 bits per heavy atom. The standard InChI is InChI=1S/C16H21FN2O2.ClH/c1-11(16(21)12-4-2-5-13(17)9-12)8-15(20)19-14-6-3-7-18-10-14;/h2,4-5,9,11,14,18H,3,6-8,10H2,1H3,(H,19,20);1H. The van der Waals surface area contributed by atoms with Crippen molar-refractivity contribution in [2.24, 2.45) is 5.92 Å². The monoisotopic (exact) mass is 328 g/mol. The number of rotatable bonds is 5. The Kier molecular flexibility index (Phi) is 7.48. The second-order valence-corrected chi connectivity index (χ2v) is 5.59. The number of nitrogens with one attached hydrogen (secondary N) is 2. The highest BCUT2D eigenvalue weighted by atomic mass is 35.5. The summed E-state index contributed by atoms with van der Waals surface area (Å²) in [5, 5.41) is 6.16. The second-order valence-electron chi connectivity index (χ2n) is 5.59. The van der Waals surface area contributed by atoms with Crippen LogP contribution in [-0.4, -0.2) is 30.8 Å². The van der Waals surface area contributed by atoms with Crippen molar-refractivity contribution in [3.8, 4) is 0 Å². The van der Waals surface area contributed by atoms with Gasteiger partial charge in [-0.1, -0.05) is 19.1 Å². The normalized spacial score (nSPS) is 18.9. The number of amides is 1. The molecule has 1 aliphatic heterocycles. The molecule has 4 nitrogen and oxygen atoms in total. The van der Waals surface area contributed by atoms with Crippen LogP contribution >= 0.6 is 12.4 Å². The van der Waals surface area contributed by atoms with Gasteiger partial charge in [0.2, 0.25) is 5.91 Å². The smallest absolute Gasteiger partial charge is 0.220 e. The van der Waals surface area contributed by atoms with Crippen molar-refractivity contribution >= 4 is 24.1 Å². The topological polar surface area (TPSA) is 58.2 Å². The van der Waals surface area contributed by atoms with E-state index in [-0.39, 0.29) is 36.6 Å². The minimum atomic E-state index is -0.455. The Bertz CT molecular complexity index is 519. The third kappa shape index (κ3) is 5.39. The zero-order valence-corrected chi connectivity index (χ0v) is 13.4. The largest absolute Gasteiger partial charge is 0.352 e. The lowest BCUT2D eigenvalue weighted by Gasteiger charge is -2.24. The zero-order valence-electron chi connectivity index (χ0n) is 12.6. The summed E-state index contributed by atoms with van der Waals surface area (Å²) in [5.74, 6) is -1.22. The van der Waals surface area contributed by atoms with Crippen LogP contribution < -0.4 is 10.6 Å². The van der Waals surface area contributed by atoms with Gasteiger partial charge < -0.3 is 10.6 Å². The average Bonchev–Trinajstić information content (AvgIpc) is 2.47. The van der Waals surface area contributed by atoms with Crippen LogP contribution in [0.5, 0.6) is 0 Å². The fourth-order valence-corrected chi connectivity index (χ4v) is 2.56. The number of benzene rings is 1. The Balaban J connectivity index is 0.00000242. The lowest BCUT2D eigenvalue weighted by Crippen LogP contribution is -2.46. The van der Waals surface area contributed by atoms with E-state index in [4.69, 9.17) is 0 Å². The van der Waals surface area contributed by atoms with Crippen molar-refractivity contribution in [2.45, 2.75) is 32.2 Å². The Labute approximate surface area is 136 Å². The molecule has 1 aromatic carbocycles. The summed E-state index contributed by atoms with van der Waals surface area (Å²) < 4.78 is 13.1. The van der Waals surface area contributed by atoms with Crippen LogP contribution in [0.15, 0.2) is 24.3 Å². The van der Waals surface area contributed by atoms with Crippen LogP contribution in [0.2, 0.25) is 0 Å². The van der Waals surface area contributed by atoms with Crippen LogP contribution in [0, 0.1) is 11.7 Å². The molecule has 0 aromatic heterocycles. The first-order valence-electron chi connectivity index (χ1n) is 7.36. The molecule has 0 spiro atoms. The minimum absolute atomic E-state index is 0. The first kappa shape index (κ1) is 18.6. The molecule has 1 amide bonds. The van der Waals surface area contributed by atoms with Gasteiger partial charge in [-0.15, -0.1) is 12.4 Å². The lowest BCUT2D eigenvalue weighted by molar-refractivity contribution is -0.122. The summed E-state index contributed by atoms with van der Waals surface area (Å²) in [6.45, 7) is 3.46. The number of carbonyl (C=O) groups excluding carboxylic acids is 2. The molecule has 1 aliphatic rings. The molecule has 1 aromatic rings. The van der Waals surface area contributed by atoms with E-state index in [2.05, 4.69) is 10.6 Å². The summed E-state index contributed by atoms with van der Waals surface area (Å²) in [6.07, 6.45) is 2.14. The molecular formula is C16H22ClFN2O2. The molecule has 6 heteroatoms. The molecule has 2 atom stereocenters. The van der Waals surface area contributed by atoms with Crippen LogP contribution in [0.4, 0.5) is 4.39 Å². The van der Waals surface area contributed by atoms with E-state index in [0.29, 0.717) is 5.56 Å². The van der Waals surface area contributed by atoms with Gasteiger partial charge in [-0.25, -0.2) is 4.39 Å². The van der Waals surface area contributed by atoms with E-state index in [9.17, 15) is 14.0 Å². The molecule has 22 heavy (non-hydrogen) atoms. The van der Waals surface area contributed by atoms with Crippen LogP contribution in [0.3, 0.4) is 0 Å². The van der Waals surface area contributed by atoms with Gasteiger partial charge in [0.05, 0.1) is 0 Å². The third-order valence-electron chi connectivity index (χ3n) is 3.71. The molecule has 1 heterocycles. The summed E-state index contributed by atoms with van der Waals surface area (Å²) in [6, 6.07) is 5.72. The Hall–Kier alpha value is -1.46. The van der Waals surface area contributed by atoms with Crippen molar-refractivity contribution < 1.29 is 14.0 Å². The number of Topliss-reactive ketones (excluding diaryl/α,β-unsaturated/α-hetero) is 1. The number of hydrogen-bond donors (Lipinski definition) is 2. The van der Waals surface area contributed by atoms with Gasteiger partial charge in [0.1, 0.15) is 5.82 Å². The second kappa shape index (κ2) is 8.86. The Morgan fingerprint density at radius 1 is 1.45 bits per heavy atom. The molecule has 0 aliphatic carbocycles. The highest BCUT2D eigenvalue weighted by Gasteiger charge is 2.21. The maximum Gasteiger partial charge on any atom is 0.220 e. The van der Waals surface area contributed by atoms with E-state index in [1.165, 1.54) is 18.2 Å². The molecule has 1 saturated heterocycles. The van der Waals surface area contributed by atoms with E-state index >= 15 is 0 Å². The number of ketones is 1. The van der Waals surface area contributed by atoms with Crippen molar-refractivity contribution in [1.29, 1.82) is 0 Å². The fourth-order valence-electron chi connectivity index (χ4n) is 2.56.